The highest BCUT2D eigenvalue weighted by Gasteiger charge is 2.47. The zero-order chi connectivity index (χ0) is 25.7. The second-order valence-electron chi connectivity index (χ2n) is 8.42. The number of piperidine rings is 1. The summed E-state index contributed by atoms with van der Waals surface area (Å²) in [7, 11) is -4.52. The van der Waals surface area contributed by atoms with Crippen LogP contribution in [0.15, 0.2) is 41.4 Å². The van der Waals surface area contributed by atoms with Crippen molar-refractivity contribution >= 4 is 21.6 Å². The van der Waals surface area contributed by atoms with Gasteiger partial charge in [0.2, 0.25) is 5.91 Å². The lowest BCUT2D eigenvalue weighted by Gasteiger charge is -2.39. The molecule has 0 spiro atoms. The molecule has 1 fully saturated rings. The molecule has 2 aromatic rings. The van der Waals surface area contributed by atoms with E-state index < -0.39 is 60.6 Å². The van der Waals surface area contributed by atoms with Crippen LogP contribution in [0.5, 0.6) is 0 Å². The first-order valence-corrected chi connectivity index (χ1v) is 11.4. The number of carbonyl (C=O) groups is 1. The van der Waals surface area contributed by atoms with Gasteiger partial charge in [0.15, 0.2) is 9.84 Å². The van der Waals surface area contributed by atoms with Crippen molar-refractivity contribution < 1.29 is 43.9 Å². The van der Waals surface area contributed by atoms with Crippen molar-refractivity contribution in [3.8, 4) is 0 Å². The van der Waals surface area contributed by atoms with E-state index in [9.17, 15) is 43.9 Å². The summed E-state index contributed by atoms with van der Waals surface area (Å²) in [6.07, 6.45) is -9.28. The van der Waals surface area contributed by atoms with Gasteiger partial charge in [-0.25, -0.2) is 17.8 Å². The minimum atomic E-state index is -4.97. The molecule has 1 aromatic heterocycles. The van der Waals surface area contributed by atoms with Crippen LogP contribution in [0.25, 0.3) is 0 Å². The number of pyridine rings is 1. The molecule has 1 amide bonds. The lowest BCUT2D eigenvalue weighted by atomic mass is 9.85. The highest BCUT2D eigenvalue weighted by molar-refractivity contribution is 7.92. The van der Waals surface area contributed by atoms with Gasteiger partial charge >= 0.3 is 12.4 Å². The molecule has 1 atom stereocenters. The van der Waals surface area contributed by atoms with Crippen molar-refractivity contribution in [2.24, 2.45) is 5.92 Å². The van der Waals surface area contributed by atoms with E-state index in [1.54, 1.807) is 0 Å². The first-order valence-electron chi connectivity index (χ1n) is 9.90. The monoisotopic (exact) mass is 528 g/mol. The summed E-state index contributed by atoms with van der Waals surface area (Å²) < 4.78 is 116. The quantitative estimate of drug-likeness (QED) is 0.465. The molecule has 1 aliphatic rings. The lowest BCUT2D eigenvalue weighted by molar-refractivity contribution is -0.138. The van der Waals surface area contributed by atoms with Crippen molar-refractivity contribution in [1.29, 1.82) is 0 Å². The van der Waals surface area contributed by atoms with E-state index in [0.717, 1.165) is 17.0 Å². The molecule has 35 heavy (non-hydrogen) atoms. The zero-order valence-corrected chi connectivity index (χ0v) is 18.7. The Morgan fingerprint density at radius 2 is 1.57 bits per heavy atom. The molecule has 0 unspecified atom stereocenters. The third-order valence-electron chi connectivity index (χ3n) is 5.96. The molecule has 2 heterocycles. The molecule has 13 heteroatoms. The number of carbonyl (C=O) groups excluding carboxylic acids is 1. The number of halogens is 7. The minimum absolute atomic E-state index is 0. The van der Waals surface area contributed by atoms with E-state index in [1.165, 1.54) is 13.8 Å². The normalized spacial score (nSPS) is 17.8. The summed E-state index contributed by atoms with van der Waals surface area (Å²) in [6.45, 7) is 2.41. The molecule has 0 radical (unpaired) electrons. The number of aromatic nitrogens is 1. The summed E-state index contributed by atoms with van der Waals surface area (Å²) >= 11 is 0. The van der Waals surface area contributed by atoms with Crippen LogP contribution < -0.4 is 4.90 Å². The summed E-state index contributed by atoms with van der Waals surface area (Å²) in [5.41, 5.74) is -2.46. The van der Waals surface area contributed by atoms with Crippen molar-refractivity contribution in [1.82, 2.24) is 4.98 Å². The number of benzene rings is 1. The van der Waals surface area contributed by atoms with E-state index in [0.29, 0.717) is 18.3 Å². The highest BCUT2D eigenvalue weighted by Crippen LogP contribution is 2.41. The first-order chi connectivity index (χ1) is 15.4. The predicted octanol–water partition coefficient (Wildman–Crippen LogP) is 5.89. The van der Waals surface area contributed by atoms with Gasteiger partial charge in [-0.15, -0.1) is 0 Å². The van der Waals surface area contributed by atoms with Gasteiger partial charge in [-0.3, -0.25) is 9.69 Å². The van der Waals surface area contributed by atoms with Crippen LogP contribution in [0.3, 0.4) is 0 Å². The van der Waals surface area contributed by atoms with E-state index in [4.69, 9.17) is 0 Å². The predicted molar refractivity (Wildman–Crippen MR) is 114 cm³/mol. The molecule has 1 saturated heterocycles. The summed E-state index contributed by atoms with van der Waals surface area (Å²) in [6, 6.07) is 2.82. The number of alkyl halides is 6. The van der Waals surface area contributed by atoms with E-state index in [1.807, 2.05) is 0 Å². The van der Waals surface area contributed by atoms with Crippen LogP contribution in [0.2, 0.25) is 0 Å². The summed E-state index contributed by atoms with van der Waals surface area (Å²) in [5, 5.41) is 0. The standard InChI is InChI=1S/C21H19F7N2O3S.CH4/c1-19(2,34(32,33)16-8-14(21(26,27)28)7-15(22)10-16)12-5-6-30(18(31)9-12)17-4-3-13(11-29-17)20(23,24)25;/h3-4,7-8,10-12H,5-6,9H2,1-2H3;1H4/t12-;/m1./s1. The number of sulfone groups is 1. The first kappa shape index (κ1) is 28.5. The van der Waals surface area contributed by atoms with Gasteiger partial charge < -0.3 is 0 Å². The van der Waals surface area contributed by atoms with Gasteiger partial charge in [0, 0.05) is 19.2 Å². The van der Waals surface area contributed by atoms with Crippen LogP contribution in [0.1, 0.15) is 45.2 Å². The molecular weight excluding hydrogens is 505 g/mol. The lowest BCUT2D eigenvalue weighted by Crippen LogP contribution is -2.49. The Balaban J connectivity index is 0.00000432. The van der Waals surface area contributed by atoms with Crippen LogP contribution in [-0.2, 0) is 27.0 Å². The number of hydrogen-bond donors (Lipinski definition) is 0. The average molecular weight is 528 g/mol. The number of rotatable bonds is 4. The maximum atomic E-state index is 13.8. The summed E-state index contributed by atoms with van der Waals surface area (Å²) in [5.74, 6) is -2.88. The smallest absolute Gasteiger partial charge is 0.297 e. The fourth-order valence-electron chi connectivity index (χ4n) is 3.79. The molecule has 3 rings (SSSR count). The molecule has 0 N–H and O–H groups in total. The SMILES string of the molecule is C.CC(C)([C@@H]1CCN(c2ccc(C(F)(F)F)cn2)C(=O)C1)S(=O)(=O)c1cc(F)cc(C(F)(F)F)c1. The van der Waals surface area contributed by atoms with Gasteiger partial charge in [0.05, 0.1) is 20.8 Å². The Labute approximate surface area is 197 Å². The zero-order valence-electron chi connectivity index (χ0n) is 17.8. The molecule has 0 saturated carbocycles. The average Bonchev–Trinajstić information content (AvgIpc) is 2.72. The van der Waals surface area contributed by atoms with Crippen LogP contribution in [-0.4, -0.2) is 30.6 Å². The maximum Gasteiger partial charge on any atom is 0.417 e. The number of amides is 1. The Morgan fingerprint density at radius 3 is 2.06 bits per heavy atom. The second-order valence-corrected chi connectivity index (χ2v) is 10.9. The Kier molecular flexibility index (Phi) is 7.66. The van der Waals surface area contributed by atoms with Gasteiger partial charge in [0.25, 0.3) is 0 Å². The molecule has 194 valence electrons. The van der Waals surface area contributed by atoms with Crippen molar-refractivity contribution in [2.45, 2.75) is 56.1 Å². The Morgan fingerprint density at radius 1 is 0.971 bits per heavy atom. The molecule has 1 aliphatic heterocycles. The Bertz CT molecular complexity index is 1190. The van der Waals surface area contributed by atoms with Gasteiger partial charge in [-0.05, 0) is 56.5 Å². The van der Waals surface area contributed by atoms with Crippen molar-refractivity contribution in [3.05, 3.63) is 53.5 Å². The van der Waals surface area contributed by atoms with Gasteiger partial charge in [-0.2, -0.15) is 26.3 Å². The van der Waals surface area contributed by atoms with Crippen LogP contribution in [0.4, 0.5) is 36.6 Å². The van der Waals surface area contributed by atoms with Crippen molar-refractivity contribution in [2.75, 3.05) is 11.4 Å². The molecule has 0 bridgehead atoms. The number of anilines is 1. The third-order valence-corrected chi connectivity index (χ3v) is 8.53. The molecule has 5 nitrogen and oxygen atoms in total. The topological polar surface area (TPSA) is 67.3 Å². The fourth-order valence-corrected chi connectivity index (χ4v) is 5.58. The van der Waals surface area contributed by atoms with Crippen molar-refractivity contribution in [3.63, 3.8) is 0 Å². The van der Waals surface area contributed by atoms with Crippen LogP contribution >= 0.6 is 0 Å². The Hall–Kier alpha value is -2.70. The fraction of sp³-hybridized carbons (Fsp3) is 0.455. The minimum Gasteiger partial charge on any atom is -0.297 e. The molecule has 0 aliphatic carbocycles. The largest absolute Gasteiger partial charge is 0.417 e. The van der Waals surface area contributed by atoms with Crippen LogP contribution in [0, 0.1) is 11.7 Å². The number of hydrogen-bond acceptors (Lipinski definition) is 4. The molecular formula is C22H23F7N2O3S. The van der Waals surface area contributed by atoms with Gasteiger partial charge in [-0.1, -0.05) is 7.43 Å². The third kappa shape index (κ3) is 5.60. The maximum absolute atomic E-state index is 13.8. The molecule has 1 aromatic carbocycles. The summed E-state index contributed by atoms with van der Waals surface area (Å²) in [4.78, 5) is 16.6. The number of nitrogens with zero attached hydrogens (tertiary/aromatic N) is 2. The van der Waals surface area contributed by atoms with Gasteiger partial charge in [0.1, 0.15) is 11.6 Å². The highest BCUT2D eigenvalue weighted by atomic mass is 32.2. The van der Waals surface area contributed by atoms with E-state index in [-0.39, 0.29) is 38.7 Å². The second kappa shape index (κ2) is 9.40. The van der Waals surface area contributed by atoms with E-state index >= 15 is 0 Å². The van der Waals surface area contributed by atoms with E-state index in [2.05, 4.69) is 4.98 Å².